The summed E-state index contributed by atoms with van der Waals surface area (Å²) < 4.78 is 5.74. The van der Waals surface area contributed by atoms with Crippen molar-refractivity contribution >= 4 is 5.91 Å². The molecular weight excluding hydrogens is 310 g/mol. The van der Waals surface area contributed by atoms with Gasteiger partial charge in [0.15, 0.2) is 0 Å². The van der Waals surface area contributed by atoms with Crippen LogP contribution in [0.25, 0.3) is 0 Å². The zero-order valence-electron chi connectivity index (χ0n) is 14.7. The van der Waals surface area contributed by atoms with Crippen molar-refractivity contribution in [3.05, 3.63) is 65.7 Å². The van der Waals surface area contributed by atoms with E-state index < -0.39 is 0 Å². The van der Waals surface area contributed by atoms with Gasteiger partial charge < -0.3 is 10.1 Å². The van der Waals surface area contributed by atoms with Crippen LogP contribution in [0.15, 0.2) is 54.6 Å². The summed E-state index contributed by atoms with van der Waals surface area (Å²) in [6, 6.07) is 18.1. The smallest absolute Gasteiger partial charge is 0.220 e. The Labute approximate surface area is 150 Å². The van der Waals surface area contributed by atoms with Crippen molar-refractivity contribution < 1.29 is 9.53 Å². The number of nitrogens with one attached hydrogen (secondary N) is 1. The van der Waals surface area contributed by atoms with Crippen molar-refractivity contribution in [2.45, 2.75) is 51.7 Å². The molecule has 0 aliphatic heterocycles. The highest BCUT2D eigenvalue weighted by molar-refractivity contribution is 5.76. The van der Waals surface area contributed by atoms with Crippen LogP contribution in [0, 0.1) is 5.92 Å². The maximum Gasteiger partial charge on any atom is 0.220 e. The van der Waals surface area contributed by atoms with Gasteiger partial charge in [0.25, 0.3) is 0 Å². The Morgan fingerprint density at radius 2 is 1.60 bits per heavy atom. The average Bonchev–Trinajstić information content (AvgIpc) is 2.67. The predicted molar refractivity (Wildman–Crippen MR) is 100 cm³/mol. The SMILES string of the molecule is O=C(CC1CCCCC1)NCc1ccc(COc2ccccc2)cc1. The van der Waals surface area contributed by atoms with Crippen molar-refractivity contribution in [1.29, 1.82) is 0 Å². The van der Waals surface area contributed by atoms with E-state index in [1.165, 1.54) is 32.1 Å². The van der Waals surface area contributed by atoms with Gasteiger partial charge in [-0.2, -0.15) is 0 Å². The van der Waals surface area contributed by atoms with Crippen molar-refractivity contribution in [2.24, 2.45) is 5.92 Å². The number of rotatable bonds is 7. The van der Waals surface area contributed by atoms with Crippen LogP contribution in [-0.4, -0.2) is 5.91 Å². The lowest BCUT2D eigenvalue weighted by atomic mass is 9.87. The largest absolute Gasteiger partial charge is 0.489 e. The van der Waals surface area contributed by atoms with Crippen LogP contribution < -0.4 is 10.1 Å². The van der Waals surface area contributed by atoms with Crippen molar-refractivity contribution in [1.82, 2.24) is 5.32 Å². The third-order valence-electron chi connectivity index (χ3n) is 4.86. The summed E-state index contributed by atoms with van der Waals surface area (Å²) in [5.74, 6) is 1.65. The zero-order chi connectivity index (χ0) is 17.3. The number of benzene rings is 2. The quantitative estimate of drug-likeness (QED) is 0.784. The fraction of sp³-hybridized carbons (Fsp3) is 0.409. The summed E-state index contributed by atoms with van der Waals surface area (Å²) in [6.45, 7) is 1.16. The highest BCUT2D eigenvalue weighted by Crippen LogP contribution is 2.26. The molecule has 0 saturated heterocycles. The summed E-state index contributed by atoms with van der Waals surface area (Å²) in [5, 5.41) is 3.05. The molecule has 0 atom stereocenters. The first kappa shape index (κ1) is 17.5. The first-order chi connectivity index (χ1) is 12.3. The molecule has 0 heterocycles. The first-order valence-electron chi connectivity index (χ1n) is 9.32. The second-order valence-electron chi connectivity index (χ2n) is 6.90. The molecule has 0 spiro atoms. The fourth-order valence-electron chi connectivity index (χ4n) is 3.36. The number of para-hydroxylation sites is 1. The van der Waals surface area contributed by atoms with E-state index >= 15 is 0 Å². The third-order valence-corrected chi connectivity index (χ3v) is 4.86. The van der Waals surface area contributed by atoms with Gasteiger partial charge in [0, 0.05) is 13.0 Å². The van der Waals surface area contributed by atoms with Crippen LogP contribution in [-0.2, 0) is 17.9 Å². The Kier molecular flexibility index (Phi) is 6.49. The highest BCUT2D eigenvalue weighted by atomic mass is 16.5. The molecule has 1 aliphatic carbocycles. The zero-order valence-corrected chi connectivity index (χ0v) is 14.7. The Hall–Kier alpha value is -2.29. The van der Waals surface area contributed by atoms with Gasteiger partial charge in [0.05, 0.1) is 0 Å². The average molecular weight is 337 g/mol. The molecular formula is C22H27NO2. The summed E-state index contributed by atoms with van der Waals surface area (Å²) in [4.78, 5) is 12.1. The van der Waals surface area contributed by atoms with E-state index in [0.717, 1.165) is 16.9 Å². The normalized spacial score (nSPS) is 14.9. The second kappa shape index (κ2) is 9.26. The van der Waals surface area contributed by atoms with Crippen molar-refractivity contribution in [3.63, 3.8) is 0 Å². The van der Waals surface area contributed by atoms with Gasteiger partial charge in [-0.05, 0) is 42.0 Å². The van der Waals surface area contributed by atoms with E-state index in [-0.39, 0.29) is 5.91 Å². The summed E-state index contributed by atoms with van der Waals surface area (Å²) in [6.07, 6.45) is 7.00. The molecule has 0 bridgehead atoms. The molecule has 1 amide bonds. The van der Waals surface area contributed by atoms with Gasteiger partial charge in [0.2, 0.25) is 5.91 Å². The fourth-order valence-corrected chi connectivity index (χ4v) is 3.36. The molecule has 25 heavy (non-hydrogen) atoms. The van der Waals surface area contributed by atoms with Crippen LogP contribution in [0.4, 0.5) is 0 Å². The van der Waals surface area contributed by atoms with Crippen LogP contribution in [0.2, 0.25) is 0 Å². The lowest BCUT2D eigenvalue weighted by molar-refractivity contribution is -0.122. The first-order valence-corrected chi connectivity index (χ1v) is 9.32. The van der Waals surface area contributed by atoms with Crippen LogP contribution in [0.1, 0.15) is 49.7 Å². The lowest BCUT2D eigenvalue weighted by Gasteiger charge is -2.20. The maximum atomic E-state index is 12.1. The minimum Gasteiger partial charge on any atom is -0.489 e. The minimum atomic E-state index is 0.184. The number of ether oxygens (including phenoxy) is 1. The summed E-state index contributed by atoms with van der Waals surface area (Å²) in [5.41, 5.74) is 2.25. The molecule has 2 aromatic carbocycles. The highest BCUT2D eigenvalue weighted by Gasteiger charge is 2.16. The molecule has 132 valence electrons. The third kappa shape index (κ3) is 5.93. The Morgan fingerprint density at radius 3 is 2.32 bits per heavy atom. The van der Waals surface area contributed by atoms with E-state index in [2.05, 4.69) is 29.6 Å². The standard InChI is InChI=1S/C22H27NO2/c24-22(15-18-7-3-1-4-8-18)23-16-19-11-13-20(14-12-19)17-25-21-9-5-2-6-10-21/h2,5-6,9-14,18H,1,3-4,7-8,15-17H2,(H,23,24). The van der Waals surface area contributed by atoms with E-state index in [4.69, 9.17) is 4.74 Å². The molecule has 1 saturated carbocycles. The Bertz CT molecular complexity index is 645. The van der Waals surface area contributed by atoms with Crippen LogP contribution in [0.5, 0.6) is 5.75 Å². The predicted octanol–water partition coefficient (Wildman–Crippen LogP) is 4.85. The number of carbonyl (C=O) groups is 1. The van der Waals surface area contributed by atoms with Gasteiger partial charge in [-0.1, -0.05) is 61.7 Å². The molecule has 1 aliphatic rings. The van der Waals surface area contributed by atoms with Gasteiger partial charge >= 0.3 is 0 Å². The molecule has 0 unspecified atom stereocenters. The van der Waals surface area contributed by atoms with E-state index in [1.54, 1.807) is 0 Å². The number of hydrogen-bond acceptors (Lipinski definition) is 2. The maximum absolute atomic E-state index is 12.1. The van der Waals surface area contributed by atoms with Gasteiger partial charge in [-0.15, -0.1) is 0 Å². The number of carbonyl (C=O) groups excluding carboxylic acids is 1. The molecule has 0 radical (unpaired) electrons. The number of hydrogen-bond donors (Lipinski definition) is 1. The molecule has 3 nitrogen and oxygen atoms in total. The lowest BCUT2D eigenvalue weighted by Crippen LogP contribution is -2.25. The summed E-state index contributed by atoms with van der Waals surface area (Å²) in [7, 11) is 0. The summed E-state index contributed by atoms with van der Waals surface area (Å²) >= 11 is 0. The molecule has 2 aromatic rings. The molecule has 3 heteroatoms. The molecule has 1 N–H and O–H groups in total. The Morgan fingerprint density at radius 1 is 0.920 bits per heavy atom. The Balaban J connectivity index is 1.40. The molecule has 1 fully saturated rings. The minimum absolute atomic E-state index is 0.184. The van der Waals surface area contributed by atoms with Crippen LogP contribution >= 0.6 is 0 Å². The molecule has 3 rings (SSSR count). The van der Waals surface area contributed by atoms with Crippen LogP contribution in [0.3, 0.4) is 0 Å². The van der Waals surface area contributed by atoms with E-state index in [9.17, 15) is 4.79 Å². The van der Waals surface area contributed by atoms with E-state index in [1.807, 2.05) is 30.3 Å². The van der Waals surface area contributed by atoms with E-state index in [0.29, 0.717) is 25.5 Å². The number of amides is 1. The van der Waals surface area contributed by atoms with Gasteiger partial charge in [-0.3, -0.25) is 4.79 Å². The second-order valence-corrected chi connectivity index (χ2v) is 6.90. The van der Waals surface area contributed by atoms with Gasteiger partial charge in [0.1, 0.15) is 12.4 Å². The van der Waals surface area contributed by atoms with Crippen molar-refractivity contribution in [2.75, 3.05) is 0 Å². The topological polar surface area (TPSA) is 38.3 Å². The molecule has 0 aromatic heterocycles. The van der Waals surface area contributed by atoms with Gasteiger partial charge in [-0.25, -0.2) is 0 Å². The van der Waals surface area contributed by atoms with Crippen molar-refractivity contribution in [3.8, 4) is 5.75 Å². The monoisotopic (exact) mass is 337 g/mol.